The summed E-state index contributed by atoms with van der Waals surface area (Å²) in [6.45, 7) is -5.11. The van der Waals surface area contributed by atoms with E-state index in [2.05, 4.69) is 0 Å². The third-order valence-corrected chi connectivity index (χ3v) is 12.9. The molecule has 0 spiro atoms. The van der Waals surface area contributed by atoms with Crippen molar-refractivity contribution in [1.82, 2.24) is 0 Å². The Hall–Kier alpha value is -1.24. The summed E-state index contributed by atoms with van der Waals surface area (Å²) in [7, 11) is 2.32. The molecule has 0 aliphatic carbocycles. The summed E-state index contributed by atoms with van der Waals surface area (Å²) < 4.78 is 72.0. The monoisotopic (exact) mass is 1030 g/mol. The summed E-state index contributed by atoms with van der Waals surface area (Å²) >= 11 is 0. The molecule has 30 atom stereocenters. The first-order chi connectivity index (χ1) is 32.8. The Balaban J connectivity index is 0.00000913. The molecule has 6 saturated heterocycles. The van der Waals surface area contributed by atoms with Gasteiger partial charge in [-0.3, -0.25) is 0 Å². The van der Waals surface area contributed by atoms with E-state index in [1.165, 1.54) is 7.11 Å². The van der Waals surface area contributed by atoms with Crippen LogP contribution in [-0.2, 0) is 61.6 Å². The van der Waals surface area contributed by atoms with Crippen LogP contribution in [0.2, 0.25) is 0 Å². The van der Waals surface area contributed by atoms with Gasteiger partial charge in [0, 0.05) is 14.2 Å². The van der Waals surface area contributed by atoms with Crippen LogP contribution in [0.25, 0.3) is 0 Å². The van der Waals surface area contributed by atoms with Crippen LogP contribution in [0, 0.1) is 0 Å². The molecule has 0 saturated carbocycles. The predicted octanol–water partition coefficient (Wildman–Crippen LogP) is -12.2. The van der Waals surface area contributed by atoms with Crippen LogP contribution in [0.15, 0.2) is 0 Å². The van der Waals surface area contributed by atoms with Crippen molar-refractivity contribution in [2.45, 2.75) is 192 Å². The van der Waals surface area contributed by atoms with Crippen molar-refractivity contribution in [2.75, 3.05) is 53.9 Å². The highest BCUT2D eigenvalue weighted by Crippen LogP contribution is 2.36. The van der Waals surface area contributed by atoms with Crippen molar-refractivity contribution in [3.63, 3.8) is 0 Å². The maximum Gasteiger partial charge on any atom is 0.187 e. The largest absolute Gasteiger partial charge is 0.394 e. The molecule has 0 radical (unpaired) electrons. The standard InChI is InChI=1S/C38H66O31.CH4/c1-57-28-10(4-40)61-35(24(53)17(28)46)66-29-11(5-41)62-36(25(54)19(29)48)67-30-12(6-42)63-37(26(55)20(30)49)68-31-13(7-43)64-38(27(56)21(31)50)69-32-14(65-33(58-2)23(52)18(32)47)8-59-34-22(51)16(45)15(44)9(3-39)60-34;/h9-56H,3-8H2,1-2H3;1H4. The molecule has 31 heteroatoms. The number of methoxy groups -OCH3 is 2. The van der Waals surface area contributed by atoms with Gasteiger partial charge >= 0.3 is 0 Å². The normalized spacial score (nSPS) is 51.4. The minimum absolute atomic E-state index is 0. The fourth-order valence-electron chi connectivity index (χ4n) is 8.87. The molecule has 0 bridgehead atoms. The average Bonchev–Trinajstić information content (AvgIpc) is 3.34. The van der Waals surface area contributed by atoms with Crippen LogP contribution < -0.4 is 0 Å². The molecule has 6 rings (SSSR count). The van der Waals surface area contributed by atoms with Gasteiger partial charge < -0.3 is 153 Å². The second-order valence-corrected chi connectivity index (χ2v) is 17.2. The minimum Gasteiger partial charge on any atom is -0.394 e. The maximum absolute atomic E-state index is 11.3. The minimum atomic E-state index is -2.16. The Morgan fingerprint density at radius 1 is 0.286 bits per heavy atom. The zero-order chi connectivity index (χ0) is 50.8. The predicted molar refractivity (Wildman–Crippen MR) is 215 cm³/mol. The smallest absolute Gasteiger partial charge is 0.187 e. The summed E-state index contributed by atoms with van der Waals surface area (Å²) in [5, 5.41) is 191. The van der Waals surface area contributed by atoms with Crippen LogP contribution >= 0.6 is 0 Å². The molecule has 412 valence electrons. The molecule has 30 unspecified atom stereocenters. The van der Waals surface area contributed by atoms with E-state index >= 15 is 0 Å². The van der Waals surface area contributed by atoms with Crippen LogP contribution in [0.1, 0.15) is 7.43 Å². The van der Waals surface area contributed by atoms with Crippen molar-refractivity contribution < 1.29 is 153 Å². The summed E-state index contributed by atoms with van der Waals surface area (Å²) in [6.07, 6.45) is -53.4. The topological polar surface area (TPSA) is 484 Å². The highest BCUT2D eigenvalue weighted by Gasteiger charge is 2.57. The van der Waals surface area contributed by atoms with Crippen LogP contribution in [0.5, 0.6) is 0 Å². The van der Waals surface area contributed by atoms with Crippen molar-refractivity contribution >= 4 is 0 Å². The van der Waals surface area contributed by atoms with Gasteiger partial charge in [0.2, 0.25) is 0 Å². The lowest BCUT2D eigenvalue weighted by Crippen LogP contribution is -2.68. The molecule has 0 aromatic carbocycles. The van der Waals surface area contributed by atoms with E-state index in [-0.39, 0.29) is 7.43 Å². The zero-order valence-electron chi connectivity index (χ0n) is 36.9. The average molecular weight is 1030 g/mol. The summed E-state index contributed by atoms with van der Waals surface area (Å²) in [4.78, 5) is 0. The number of aliphatic hydroxyl groups is 18. The molecule has 70 heavy (non-hydrogen) atoms. The van der Waals surface area contributed by atoms with E-state index in [0.29, 0.717) is 0 Å². The van der Waals surface area contributed by atoms with Crippen molar-refractivity contribution in [2.24, 2.45) is 0 Å². The lowest BCUT2D eigenvalue weighted by Gasteiger charge is -2.49. The van der Waals surface area contributed by atoms with Crippen molar-refractivity contribution in [3.8, 4) is 0 Å². The summed E-state index contributed by atoms with van der Waals surface area (Å²) in [5.41, 5.74) is 0. The van der Waals surface area contributed by atoms with Gasteiger partial charge in [-0.1, -0.05) is 7.43 Å². The van der Waals surface area contributed by atoms with E-state index in [0.717, 1.165) is 7.11 Å². The Morgan fingerprint density at radius 3 is 0.886 bits per heavy atom. The van der Waals surface area contributed by atoms with Gasteiger partial charge in [-0.05, 0) is 0 Å². The van der Waals surface area contributed by atoms with Crippen molar-refractivity contribution in [3.05, 3.63) is 0 Å². The van der Waals surface area contributed by atoms with Gasteiger partial charge in [0.25, 0.3) is 0 Å². The van der Waals surface area contributed by atoms with Gasteiger partial charge in [-0.25, -0.2) is 0 Å². The second kappa shape index (κ2) is 26.0. The Labute approximate surface area is 398 Å². The molecule has 0 amide bonds. The van der Waals surface area contributed by atoms with Gasteiger partial charge in [-0.2, -0.15) is 0 Å². The van der Waals surface area contributed by atoms with Crippen LogP contribution in [0.3, 0.4) is 0 Å². The summed E-state index contributed by atoms with van der Waals surface area (Å²) in [6, 6.07) is 0. The first-order valence-corrected chi connectivity index (χ1v) is 21.9. The maximum atomic E-state index is 11.3. The molecular weight excluding hydrogens is 964 g/mol. The number of ether oxygens (including phenoxy) is 13. The lowest BCUT2D eigenvalue weighted by atomic mass is 9.95. The fraction of sp³-hybridized carbons (Fsp3) is 1.00. The quantitative estimate of drug-likeness (QED) is 0.0606. The van der Waals surface area contributed by atoms with Gasteiger partial charge in [0.1, 0.15) is 146 Å². The van der Waals surface area contributed by atoms with Crippen LogP contribution in [0.4, 0.5) is 0 Å². The fourth-order valence-corrected chi connectivity index (χ4v) is 8.87. The third-order valence-electron chi connectivity index (χ3n) is 12.9. The molecule has 6 aliphatic heterocycles. The lowest BCUT2D eigenvalue weighted by molar-refractivity contribution is -0.394. The number of rotatable bonds is 18. The molecule has 6 fully saturated rings. The Kier molecular flexibility index (Phi) is 22.2. The second-order valence-electron chi connectivity index (χ2n) is 17.2. The van der Waals surface area contributed by atoms with Gasteiger partial charge in [0.05, 0.1) is 39.6 Å². The number of aliphatic hydroxyl groups excluding tert-OH is 18. The first-order valence-electron chi connectivity index (χ1n) is 21.9. The molecule has 0 aromatic heterocycles. The SMILES string of the molecule is C.COC1OC(COC2OC(CO)C(O)C(O)C2O)C(OC2OC(CO)C(OC3OC(CO)C(OC4OC(CO)C(OC5OC(CO)C(OC)C(O)C5O)C(O)C4O)C(O)C3O)C(O)C2O)C(O)C1O. The molecule has 6 aliphatic rings. The third kappa shape index (κ3) is 12.2. The molecule has 18 N–H and O–H groups in total. The van der Waals surface area contributed by atoms with E-state index in [4.69, 9.17) is 61.6 Å². The number of hydrogen-bond donors (Lipinski definition) is 18. The van der Waals surface area contributed by atoms with Crippen molar-refractivity contribution in [1.29, 1.82) is 0 Å². The summed E-state index contributed by atoms with van der Waals surface area (Å²) in [5.74, 6) is 0. The van der Waals surface area contributed by atoms with Crippen LogP contribution in [-0.4, -0.2) is 330 Å². The molecule has 6 heterocycles. The molecular formula is C39H70O31. The van der Waals surface area contributed by atoms with E-state index in [1.807, 2.05) is 0 Å². The van der Waals surface area contributed by atoms with Gasteiger partial charge in [-0.15, -0.1) is 0 Å². The zero-order valence-corrected chi connectivity index (χ0v) is 36.9. The van der Waals surface area contributed by atoms with E-state index in [1.54, 1.807) is 0 Å². The molecule has 0 aromatic rings. The van der Waals surface area contributed by atoms with Gasteiger partial charge in [0.15, 0.2) is 37.7 Å². The number of hydrogen-bond acceptors (Lipinski definition) is 31. The Bertz CT molecular complexity index is 1530. The highest BCUT2D eigenvalue weighted by molar-refractivity contribution is 4.99. The highest BCUT2D eigenvalue weighted by atomic mass is 16.8. The Morgan fingerprint density at radius 2 is 0.557 bits per heavy atom. The first kappa shape index (κ1) is 59.6. The van der Waals surface area contributed by atoms with E-state index < -0.39 is 224 Å². The van der Waals surface area contributed by atoms with E-state index in [9.17, 15) is 91.9 Å². The molecule has 31 nitrogen and oxygen atoms in total.